The molecule has 2 amide bonds. The van der Waals surface area contributed by atoms with Crippen molar-refractivity contribution in [3.63, 3.8) is 0 Å². The van der Waals surface area contributed by atoms with E-state index >= 15 is 0 Å². The summed E-state index contributed by atoms with van der Waals surface area (Å²) in [5.74, 6) is 2.17. The van der Waals surface area contributed by atoms with Gasteiger partial charge in [0.25, 0.3) is 5.91 Å². The Morgan fingerprint density at radius 1 is 1.05 bits per heavy atom. The predicted octanol–water partition coefficient (Wildman–Crippen LogP) is 2.25. The van der Waals surface area contributed by atoms with Gasteiger partial charge in [0.05, 0.1) is 19.8 Å². The van der Waals surface area contributed by atoms with Crippen molar-refractivity contribution in [2.75, 3.05) is 67.1 Å². The van der Waals surface area contributed by atoms with E-state index in [0.717, 1.165) is 44.9 Å². The summed E-state index contributed by atoms with van der Waals surface area (Å²) in [5.41, 5.74) is 1.71. The number of rotatable bonds is 11. The zero-order chi connectivity index (χ0) is 26.2. The lowest BCUT2D eigenvalue weighted by Crippen LogP contribution is -2.49. The third-order valence-corrected chi connectivity index (χ3v) is 6.94. The Balaban J connectivity index is 1.20. The molecule has 9 heteroatoms. The van der Waals surface area contributed by atoms with Gasteiger partial charge in [-0.1, -0.05) is 12.1 Å². The van der Waals surface area contributed by atoms with Crippen LogP contribution in [0.4, 0.5) is 0 Å². The van der Waals surface area contributed by atoms with Crippen molar-refractivity contribution in [2.45, 2.75) is 25.4 Å². The van der Waals surface area contributed by atoms with Gasteiger partial charge in [0.2, 0.25) is 5.91 Å². The minimum absolute atomic E-state index is 0.0382. The van der Waals surface area contributed by atoms with Gasteiger partial charge in [-0.2, -0.15) is 0 Å². The maximum absolute atomic E-state index is 13.1. The molecule has 0 bridgehead atoms. The summed E-state index contributed by atoms with van der Waals surface area (Å²) in [6, 6.07) is 13.7. The molecule has 0 aromatic heterocycles. The second-order valence-electron chi connectivity index (χ2n) is 9.70. The molecule has 1 atom stereocenters. The van der Waals surface area contributed by atoms with E-state index < -0.39 is 0 Å². The fourth-order valence-corrected chi connectivity index (χ4v) is 4.92. The van der Waals surface area contributed by atoms with Crippen LogP contribution in [0.25, 0.3) is 0 Å². The second kappa shape index (κ2) is 12.8. The third-order valence-electron chi connectivity index (χ3n) is 6.94. The number of likely N-dealkylation sites (N-methyl/N-ethyl adjacent to an activating group) is 1. The first-order chi connectivity index (χ1) is 17.9. The fourth-order valence-electron chi connectivity index (χ4n) is 4.92. The number of methoxy groups -OCH3 is 2. The first-order valence-electron chi connectivity index (χ1n) is 12.9. The SMILES string of the molecule is COc1ccc(OC)c(C(=O)N2CCN(CCOc3cccc(CN(C)C[C@@H]4CCC(=O)N4)c3)CC2)c1. The van der Waals surface area contributed by atoms with Crippen molar-refractivity contribution in [3.8, 4) is 17.2 Å². The minimum atomic E-state index is -0.0382. The molecule has 200 valence electrons. The van der Waals surface area contributed by atoms with Gasteiger partial charge in [0.1, 0.15) is 23.9 Å². The quantitative estimate of drug-likeness (QED) is 0.497. The standard InChI is InChI=1S/C28H38N4O5/c1-30(20-22-7-10-27(33)29-22)19-21-5-4-6-24(17-21)37-16-15-31-11-13-32(14-12-31)28(34)25-18-23(35-2)8-9-26(25)36-3/h4-6,8-9,17-18,22H,7,10-16,19-20H2,1-3H3,(H,29,33)/t22-/m0/s1. The number of ether oxygens (including phenoxy) is 3. The Labute approximate surface area is 219 Å². The number of amides is 2. The normalized spacial score (nSPS) is 18.1. The van der Waals surface area contributed by atoms with E-state index in [9.17, 15) is 9.59 Å². The van der Waals surface area contributed by atoms with Gasteiger partial charge in [-0.05, 0) is 49.4 Å². The van der Waals surface area contributed by atoms with Crippen molar-refractivity contribution in [1.82, 2.24) is 20.0 Å². The Bertz CT molecular complexity index is 1070. The maximum atomic E-state index is 13.1. The van der Waals surface area contributed by atoms with Crippen LogP contribution in [0, 0.1) is 0 Å². The lowest BCUT2D eigenvalue weighted by Gasteiger charge is -2.34. The molecule has 2 aromatic rings. The van der Waals surface area contributed by atoms with Crippen LogP contribution in [0.3, 0.4) is 0 Å². The van der Waals surface area contributed by atoms with Gasteiger partial charge in [-0.25, -0.2) is 0 Å². The monoisotopic (exact) mass is 510 g/mol. The van der Waals surface area contributed by atoms with Crippen molar-refractivity contribution < 1.29 is 23.8 Å². The van der Waals surface area contributed by atoms with E-state index in [4.69, 9.17) is 14.2 Å². The van der Waals surface area contributed by atoms with E-state index in [1.165, 1.54) is 5.56 Å². The molecule has 1 N–H and O–H groups in total. The number of hydrogen-bond acceptors (Lipinski definition) is 7. The largest absolute Gasteiger partial charge is 0.497 e. The number of nitrogens with one attached hydrogen (secondary N) is 1. The van der Waals surface area contributed by atoms with Crippen LogP contribution in [-0.4, -0.2) is 99.7 Å². The molecule has 2 aliphatic rings. The summed E-state index contributed by atoms with van der Waals surface area (Å²) in [7, 11) is 5.24. The van der Waals surface area contributed by atoms with Gasteiger partial charge in [-0.3, -0.25) is 14.5 Å². The first-order valence-corrected chi connectivity index (χ1v) is 12.9. The molecular weight excluding hydrogens is 472 g/mol. The summed E-state index contributed by atoms with van der Waals surface area (Å²) < 4.78 is 16.7. The molecule has 0 saturated carbocycles. The van der Waals surface area contributed by atoms with Gasteiger partial charge < -0.3 is 29.3 Å². The minimum Gasteiger partial charge on any atom is -0.497 e. The second-order valence-corrected chi connectivity index (χ2v) is 9.70. The van der Waals surface area contributed by atoms with Crippen LogP contribution in [0.1, 0.15) is 28.8 Å². The molecule has 0 unspecified atom stereocenters. The summed E-state index contributed by atoms with van der Waals surface area (Å²) in [6.07, 6.45) is 1.54. The fraction of sp³-hybridized carbons (Fsp3) is 0.500. The lowest BCUT2D eigenvalue weighted by molar-refractivity contribution is -0.119. The van der Waals surface area contributed by atoms with Crippen LogP contribution < -0.4 is 19.5 Å². The Morgan fingerprint density at radius 3 is 2.57 bits per heavy atom. The first kappa shape index (κ1) is 26.8. The van der Waals surface area contributed by atoms with Crippen LogP contribution in [0.15, 0.2) is 42.5 Å². The molecular formula is C28H38N4O5. The summed E-state index contributed by atoms with van der Waals surface area (Å²) >= 11 is 0. The number of benzene rings is 2. The van der Waals surface area contributed by atoms with Crippen molar-refractivity contribution >= 4 is 11.8 Å². The molecule has 2 aliphatic heterocycles. The molecule has 0 radical (unpaired) electrons. The summed E-state index contributed by atoms with van der Waals surface area (Å²) in [5, 5.41) is 3.03. The van der Waals surface area contributed by atoms with Crippen LogP contribution in [-0.2, 0) is 11.3 Å². The highest BCUT2D eigenvalue weighted by Crippen LogP contribution is 2.26. The number of hydrogen-bond donors (Lipinski definition) is 1. The van der Waals surface area contributed by atoms with E-state index in [2.05, 4.69) is 34.3 Å². The van der Waals surface area contributed by atoms with Gasteiger partial charge in [0.15, 0.2) is 0 Å². The molecule has 0 aliphatic carbocycles. The van der Waals surface area contributed by atoms with E-state index in [1.54, 1.807) is 32.4 Å². The smallest absolute Gasteiger partial charge is 0.257 e. The predicted molar refractivity (Wildman–Crippen MR) is 141 cm³/mol. The summed E-state index contributed by atoms with van der Waals surface area (Å²) in [4.78, 5) is 30.9. The van der Waals surface area contributed by atoms with Crippen molar-refractivity contribution in [3.05, 3.63) is 53.6 Å². The van der Waals surface area contributed by atoms with Crippen molar-refractivity contribution in [2.24, 2.45) is 0 Å². The zero-order valence-electron chi connectivity index (χ0n) is 22.1. The molecule has 0 spiro atoms. The molecule has 2 fully saturated rings. The zero-order valence-corrected chi connectivity index (χ0v) is 22.1. The molecule has 9 nitrogen and oxygen atoms in total. The van der Waals surface area contributed by atoms with Gasteiger partial charge >= 0.3 is 0 Å². The highest BCUT2D eigenvalue weighted by atomic mass is 16.5. The number of nitrogens with zero attached hydrogens (tertiary/aromatic N) is 3. The van der Waals surface area contributed by atoms with E-state index in [1.807, 2.05) is 17.0 Å². The Hall–Kier alpha value is -3.30. The highest BCUT2D eigenvalue weighted by Gasteiger charge is 2.25. The van der Waals surface area contributed by atoms with E-state index in [0.29, 0.717) is 43.2 Å². The van der Waals surface area contributed by atoms with Gasteiger partial charge in [-0.15, -0.1) is 0 Å². The number of carbonyl (C=O) groups excluding carboxylic acids is 2. The molecule has 2 heterocycles. The van der Waals surface area contributed by atoms with Crippen LogP contribution in [0.5, 0.6) is 17.2 Å². The highest BCUT2D eigenvalue weighted by molar-refractivity contribution is 5.97. The van der Waals surface area contributed by atoms with Gasteiger partial charge in [0, 0.05) is 58.3 Å². The average Bonchev–Trinajstić information content (AvgIpc) is 3.32. The maximum Gasteiger partial charge on any atom is 0.257 e. The third kappa shape index (κ3) is 7.36. The lowest BCUT2D eigenvalue weighted by atomic mass is 10.1. The Morgan fingerprint density at radius 2 is 1.86 bits per heavy atom. The van der Waals surface area contributed by atoms with Crippen LogP contribution in [0.2, 0.25) is 0 Å². The average molecular weight is 511 g/mol. The molecule has 2 saturated heterocycles. The van der Waals surface area contributed by atoms with E-state index in [-0.39, 0.29) is 17.9 Å². The topological polar surface area (TPSA) is 83.6 Å². The molecule has 4 rings (SSSR count). The van der Waals surface area contributed by atoms with Crippen molar-refractivity contribution in [1.29, 1.82) is 0 Å². The number of piperazine rings is 1. The molecule has 37 heavy (non-hydrogen) atoms. The molecule has 2 aromatic carbocycles. The van der Waals surface area contributed by atoms with Crippen LogP contribution >= 0.6 is 0 Å². The number of carbonyl (C=O) groups is 2. The summed E-state index contributed by atoms with van der Waals surface area (Å²) in [6.45, 7) is 5.94. The Kier molecular flexibility index (Phi) is 9.24.